The lowest BCUT2D eigenvalue weighted by Gasteiger charge is -2.34. The van der Waals surface area contributed by atoms with Crippen LogP contribution in [0.1, 0.15) is 32.6 Å². The third kappa shape index (κ3) is 2.75. The van der Waals surface area contributed by atoms with Crippen molar-refractivity contribution < 1.29 is 4.74 Å². The van der Waals surface area contributed by atoms with Gasteiger partial charge in [0.1, 0.15) is 0 Å². The van der Waals surface area contributed by atoms with Crippen molar-refractivity contribution in [2.24, 2.45) is 0 Å². The van der Waals surface area contributed by atoms with Crippen LogP contribution < -0.4 is 15.4 Å². The van der Waals surface area contributed by atoms with Gasteiger partial charge in [-0.2, -0.15) is 15.0 Å². The Hall–Kier alpha value is -1.59. The SMILES string of the molecule is CCCOc1nc(N)nc(N(C)C2CCC2)n1. The lowest BCUT2D eigenvalue weighted by atomic mass is 9.92. The Kier molecular flexibility index (Phi) is 3.61. The molecule has 94 valence electrons. The van der Waals surface area contributed by atoms with Crippen LogP contribution in [-0.4, -0.2) is 34.6 Å². The molecule has 0 unspecified atom stereocenters. The summed E-state index contributed by atoms with van der Waals surface area (Å²) in [4.78, 5) is 14.4. The van der Waals surface area contributed by atoms with Gasteiger partial charge in [0, 0.05) is 13.1 Å². The summed E-state index contributed by atoms with van der Waals surface area (Å²) in [5.74, 6) is 0.820. The summed E-state index contributed by atoms with van der Waals surface area (Å²) in [6.45, 7) is 2.63. The molecule has 0 atom stereocenters. The Labute approximate surface area is 101 Å². The molecule has 6 heteroatoms. The Morgan fingerprint density at radius 3 is 2.71 bits per heavy atom. The van der Waals surface area contributed by atoms with Crippen LogP contribution in [0.25, 0.3) is 0 Å². The van der Waals surface area contributed by atoms with E-state index in [0.29, 0.717) is 24.6 Å². The standard InChI is InChI=1S/C11H19N5O/c1-3-7-17-11-14-9(12)13-10(15-11)16(2)8-5-4-6-8/h8H,3-7H2,1-2H3,(H2,12,13,14,15). The van der Waals surface area contributed by atoms with Gasteiger partial charge < -0.3 is 15.4 Å². The maximum atomic E-state index is 5.66. The summed E-state index contributed by atoms with van der Waals surface area (Å²) in [6.07, 6.45) is 4.56. The molecule has 0 saturated heterocycles. The van der Waals surface area contributed by atoms with Crippen LogP contribution in [-0.2, 0) is 0 Å². The van der Waals surface area contributed by atoms with Crippen LogP contribution in [0.15, 0.2) is 0 Å². The molecule has 2 rings (SSSR count). The van der Waals surface area contributed by atoms with Crippen molar-refractivity contribution in [3.8, 4) is 6.01 Å². The molecule has 1 saturated carbocycles. The molecule has 1 fully saturated rings. The molecular weight excluding hydrogens is 218 g/mol. The molecular formula is C11H19N5O. The van der Waals surface area contributed by atoms with Crippen molar-refractivity contribution in [3.63, 3.8) is 0 Å². The summed E-state index contributed by atoms with van der Waals surface area (Å²) < 4.78 is 5.39. The normalized spacial score (nSPS) is 15.4. The third-order valence-corrected chi connectivity index (χ3v) is 2.99. The van der Waals surface area contributed by atoms with Crippen molar-refractivity contribution in [2.45, 2.75) is 38.6 Å². The second-order valence-electron chi connectivity index (χ2n) is 4.32. The van der Waals surface area contributed by atoms with Crippen LogP contribution >= 0.6 is 0 Å². The Balaban J connectivity index is 2.12. The molecule has 0 aromatic carbocycles. The molecule has 0 spiro atoms. The van der Waals surface area contributed by atoms with E-state index in [2.05, 4.69) is 19.9 Å². The fraction of sp³-hybridized carbons (Fsp3) is 0.727. The molecule has 1 aliphatic carbocycles. The highest BCUT2D eigenvalue weighted by Gasteiger charge is 2.24. The molecule has 1 heterocycles. The molecule has 1 aromatic rings. The van der Waals surface area contributed by atoms with Gasteiger partial charge in [0.25, 0.3) is 0 Å². The van der Waals surface area contributed by atoms with E-state index in [4.69, 9.17) is 10.5 Å². The number of ether oxygens (including phenoxy) is 1. The summed E-state index contributed by atoms with van der Waals surface area (Å²) in [5.41, 5.74) is 5.66. The van der Waals surface area contributed by atoms with Crippen molar-refractivity contribution in [2.75, 3.05) is 24.3 Å². The summed E-state index contributed by atoms with van der Waals surface area (Å²) in [5, 5.41) is 0. The van der Waals surface area contributed by atoms with E-state index in [1.54, 1.807) is 0 Å². The average molecular weight is 237 g/mol. The fourth-order valence-corrected chi connectivity index (χ4v) is 1.71. The molecule has 2 N–H and O–H groups in total. The first kappa shape index (κ1) is 11.9. The maximum absolute atomic E-state index is 5.66. The van der Waals surface area contributed by atoms with Gasteiger partial charge in [-0.3, -0.25) is 0 Å². The Morgan fingerprint density at radius 2 is 2.12 bits per heavy atom. The van der Waals surface area contributed by atoms with Crippen molar-refractivity contribution in [1.29, 1.82) is 0 Å². The van der Waals surface area contributed by atoms with Gasteiger partial charge in [0.15, 0.2) is 0 Å². The van der Waals surface area contributed by atoms with E-state index in [0.717, 1.165) is 6.42 Å². The average Bonchev–Trinajstić information content (AvgIpc) is 2.23. The van der Waals surface area contributed by atoms with Gasteiger partial charge in [0.2, 0.25) is 11.9 Å². The first-order valence-corrected chi connectivity index (χ1v) is 6.08. The van der Waals surface area contributed by atoms with Crippen LogP contribution in [0.3, 0.4) is 0 Å². The number of rotatable bonds is 5. The molecule has 1 aromatic heterocycles. The van der Waals surface area contributed by atoms with Gasteiger partial charge in [-0.15, -0.1) is 0 Å². The molecule has 17 heavy (non-hydrogen) atoms. The number of nitrogens with zero attached hydrogens (tertiary/aromatic N) is 4. The van der Waals surface area contributed by atoms with Gasteiger partial charge >= 0.3 is 6.01 Å². The number of anilines is 2. The lowest BCUT2D eigenvalue weighted by Crippen LogP contribution is -2.38. The molecule has 0 radical (unpaired) electrons. The Morgan fingerprint density at radius 1 is 1.35 bits per heavy atom. The molecule has 0 amide bonds. The molecule has 0 aliphatic heterocycles. The van der Waals surface area contributed by atoms with Gasteiger partial charge in [-0.05, 0) is 25.7 Å². The molecule has 0 bridgehead atoms. The van der Waals surface area contributed by atoms with E-state index < -0.39 is 0 Å². The van der Waals surface area contributed by atoms with Gasteiger partial charge in [-0.25, -0.2) is 0 Å². The van der Waals surface area contributed by atoms with Gasteiger partial charge in [0.05, 0.1) is 6.61 Å². The monoisotopic (exact) mass is 237 g/mol. The topological polar surface area (TPSA) is 77.2 Å². The zero-order chi connectivity index (χ0) is 12.3. The largest absolute Gasteiger partial charge is 0.463 e. The smallest absolute Gasteiger partial charge is 0.323 e. The molecule has 1 aliphatic rings. The number of nitrogens with two attached hydrogens (primary N) is 1. The quantitative estimate of drug-likeness (QED) is 0.830. The predicted molar refractivity (Wildman–Crippen MR) is 66.1 cm³/mol. The first-order chi connectivity index (χ1) is 8.20. The van der Waals surface area contributed by atoms with E-state index in [9.17, 15) is 0 Å². The highest BCUT2D eigenvalue weighted by atomic mass is 16.5. The predicted octanol–water partition coefficient (Wildman–Crippen LogP) is 1.23. The second kappa shape index (κ2) is 5.16. The fourth-order valence-electron chi connectivity index (χ4n) is 1.71. The lowest BCUT2D eigenvalue weighted by molar-refractivity contribution is 0.291. The Bertz CT molecular complexity index is 380. The van der Waals surface area contributed by atoms with Crippen molar-refractivity contribution >= 4 is 11.9 Å². The van der Waals surface area contributed by atoms with Crippen molar-refractivity contribution in [3.05, 3.63) is 0 Å². The minimum absolute atomic E-state index is 0.215. The van der Waals surface area contributed by atoms with E-state index in [-0.39, 0.29) is 5.95 Å². The molecule has 6 nitrogen and oxygen atoms in total. The number of nitrogen functional groups attached to an aromatic ring is 1. The van der Waals surface area contributed by atoms with Gasteiger partial charge in [-0.1, -0.05) is 6.92 Å². The van der Waals surface area contributed by atoms with Crippen LogP contribution in [0, 0.1) is 0 Å². The highest BCUT2D eigenvalue weighted by molar-refractivity contribution is 5.36. The minimum Gasteiger partial charge on any atom is -0.463 e. The summed E-state index contributed by atoms with van der Waals surface area (Å²) in [7, 11) is 1.99. The van der Waals surface area contributed by atoms with Crippen LogP contribution in [0.5, 0.6) is 6.01 Å². The maximum Gasteiger partial charge on any atom is 0.323 e. The zero-order valence-electron chi connectivity index (χ0n) is 10.4. The van der Waals surface area contributed by atoms with Crippen LogP contribution in [0.2, 0.25) is 0 Å². The first-order valence-electron chi connectivity index (χ1n) is 6.08. The van der Waals surface area contributed by atoms with Crippen molar-refractivity contribution in [1.82, 2.24) is 15.0 Å². The number of hydrogen-bond donors (Lipinski definition) is 1. The third-order valence-electron chi connectivity index (χ3n) is 2.99. The van der Waals surface area contributed by atoms with E-state index in [1.807, 2.05) is 14.0 Å². The summed E-state index contributed by atoms with van der Waals surface area (Å²) in [6, 6.07) is 0.844. The zero-order valence-corrected chi connectivity index (χ0v) is 10.4. The van der Waals surface area contributed by atoms with E-state index >= 15 is 0 Å². The van der Waals surface area contributed by atoms with E-state index in [1.165, 1.54) is 19.3 Å². The second-order valence-corrected chi connectivity index (χ2v) is 4.32. The number of aromatic nitrogens is 3. The van der Waals surface area contributed by atoms with Crippen LogP contribution in [0.4, 0.5) is 11.9 Å². The minimum atomic E-state index is 0.215. The summed E-state index contributed by atoms with van der Waals surface area (Å²) >= 11 is 0. The highest BCUT2D eigenvalue weighted by Crippen LogP contribution is 2.26. The number of hydrogen-bond acceptors (Lipinski definition) is 6.